The molecule has 1 saturated heterocycles. The van der Waals surface area contributed by atoms with Crippen LogP contribution in [0.5, 0.6) is 0 Å². The van der Waals surface area contributed by atoms with Gasteiger partial charge in [0.1, 0.15) is 11.9 Å². The minimum Gasteiger partial charge on any atom is -0.341 e. The molecule has 2 amide bonds. The Balaban J connectivity index is 1.54. The van der Waals surface area contributed by atoms with Gasteiger partial charge in [-0.05, 0) is 88.4 Å². The topological polar surface area (TPSA) is 119 Å². The van der Waals surface area contributed by atoms with Gasteiger partial charge in [-0.1, -0.05) is 19.1 Å². The highest BCUT2D eigenvalue weighted by molar-refractivity contribution is 5.97. The number of benzene rings is 1. The van der Waals surface area contributed by atoms with Crippen molar-refractivity contribution >= 4 is 11.8 Å². The molecule has 2 heterocycles. The average molecular weight is 546 g/mol. The highest BCUT2D eigenvalue weighted by atomic mass is 19.1. The van der Waals surface area contributed by atoms with Crippen LogP contribution in [0.3, 0.4) is 0 Å². The van der Waals surface area contributed by atoms with Crippen molar-refractivity contribution in [2.75, 3.05) is 0 Å². The molecule has 0 bridgehead atoms. The van der Waals surface area contributed by atoms with Crippen LogP contribution in [0.1, 0.15) is 74.0 Å². The van der Waals surface area contributed by atoms with E-state index in [1.165, 1.54) is 12.3 Å². The molecule has 9 heteroatoms. The second-order valence-corrected chi connectivity index (χ2v) is 11.8. The number of amides is 2. The van der Waals surface area contributed by atoms with E-state index in [1.54, 1.807) is 48.2 Å². The molecule has 1 fully saturated rings. The number of halogens is 1. The van der Waals surface area contributed by atoms with E-state index >= 15 is 0 Å². The number of hydrogen-bond donors (Lipinski definition) is 2. The number of aromatic nitrogens is 2. The molecule has 2 aliphatic rings. The molecular weight excluding hydrogens is 509 g/mol. The van der Waals surface area contributed by atoms with E-state index in [-0.39, 0.29) is 29.4 Å². The average Bonchev–Trinajstić information content (AvgIpc) is 3.37. The Bertz CT molecular complexity index is 1470. The minimum atomic E-state index is -0.864. The van der Waals surface area contributed by atoms with Crippen LogP contribution < -0.4 is 10.9 Å². The summed E-state index contributed by atoms with van der Waals surface area (Å²) in [5.41, 5.74) is 1.000. The molecule has 2 N–H and O–H groups in total. The third-order valence-corrected chi connectivity index (χ3v) is 8.34. The van der Waals surface area contributed by atoms with Crippen LogP contribution in [-0.4, -0.2) is 45.0 Å². The Labute approximate surface area is 234 Å². The van der Waals surface area contributed by atoms with Gasteiger partial charge in [0.15, 0.2) is 0 Å². The number of aromatic amines is 1. The second kappa shape index (κ2) is 11.2. The lowest BCUT2D eigenvalue weighted by molar-refractivity contribution is -0.139. The van der Waals surface area contributed by atoms with Gasteiger partial charge < -0.3 is 10.2 Å². The Kier molecular flexibility index (Phi) is 8.10. The molecule has 1 aromatic heterocycles. The summed E-state index contributed by atoms with van der Waals surface area (Å²) in [6.07, 6.45) is 8.55. The molecule has 8 nitrogen and oxygen atoms in total. The highest BCUT2D eigenvalue weighted by Gasteiger charge is 2.51. The molecule has 210 valence electrons. The maximum Gasteiger partial charge on any atom is 0.267 e. The van der Waals surface area contributed by atoms with Gasteiger partial charge in [-0.3, -0.25) is 14.4 Å². The van der Waals surface area contributed by atoms with Crippen LogP contribution >= 0.6 is 0 Å². The summed E-state index contributed by atoms with van der Waals surface area (Å²) >= 11 is 0. The van der Waals surface area contributed by atoms with Crippen molar-refractivity contribution in [2.24, 2.45) is 10.8 Å². The standard InChI is InChI=1S/C31H36FN5O3/c1-19-15-22(9-8-21(19)16-23-12-14-34-36-28(23)39)27(38)35-20(2)29(40)37-25(30(3,4)18-33)10-11-26(37)31(5)13-6-7-24(32)17-31/h6-9,12,14-15,17,20,25-26H,10-11,13,16H2,1-5H3,(H,35,38)(H,36,39)/t20-,25-,26+,31?/m1/s1. The maximum absolute atomic E-state index is 14.3. The first-order valence-corrected chi connectivity index (χ1v) is 13.6. The number of aryl methyl sites for hydroxylation is 1. The summed E-state index contributed by atoms with van der Waals surface area (Å²) in [6.45, 7) is 9.07. The van der Waals surface area contributed by atoms with Crippen molar-refractivity contribution < 1.29 is 14.0 Å². The van der Waals surface area contributed by atoms with Crippen molar-refractivity contribution in [1.82, 2.24) is 20.4 Å². The lowest BCUT2D eigenvalue weighted by Gasteiger charge is -2.44. The summed E-state index contributed by atoms with van der Waals surface area (Å²) in [7, 11) is 0. The number of nitrogens with one attached hydrogen (secondary N) is 2. The van der Waals surface area contributed by atoms with Gasteiger partial charge in [0.05, 0.1) is 17.5 Å². The normalized spacial score (nSPS) is 23.3. The Morgan fingerprint density at radius 3 is 2.70 bits per heavy atom. The number of carbonyl (C=O) groups is 2. The maximum atomic E-state index is 14.3. The van der Waals surface area contributed by atoms with Crippen molar-refractivity contribution in [1.29, 1.82) is 5.26 Å². The van der Waals surface area contributed by atoms with Crippen LogP contribution in [0.4, 0.5) is 4.39 Å². The smallest absolute Gasteiger partial charge is 0.267 e. The quantitative estimate of drug-likeness (QED) is 0.530. The molecule has 0 saturated carbocycles. The van der Waals surface area contributed by atoms with Crippen molar-refractivity contribution in [3.8, 4) is 6.07 Å². The van der Waals surface area contributed by atoms with E-state index < -0.39 is 22.8 Å². The molecule has 1 aromatic carbocycles. The van der Waals surface area contributed by atoms with Crippen molar-refractivity contribution in [3.63, 3.8) is 0 Å². The minimum absolute atomic E-state index is 0.259. The lowest BCUT2D eigenvalue weighted by Crippen LogP contribution is -2.57. The summed E-state index contributed by atoms with van der Waals surface area (Å²) in [6, 6.07) is 7.67. The zero-order chi connectivity index (χ0) is 29.2. The molecule has 2 aromatic rings. The first kappa shape index (κ1) is 28.9. The van der Waals surface area contributed by atoms with E-state index in [0.717, 1.165) is 11.1 Å². The van der Waals surface area contributed by atoms with Crippen LogP contribution in [0, 0.1) is 29.1 Å². The first-order chi connectivity index (χ1) is 18.9. The first-order valence-electron chi connectivity index (χ1n) is 13.6. The van der Waals surface area contributed by atoms with Crippen LogP contribution in [-0.2, 0) is 11.2 Å². The van der Waals surface area contributed by atoms with Crippen LogP contribution in [0.2, 0.25) is 0 Å². The number of nitrogens with zero attached hydrogens (tertiary/aromatic N) is 3. The summed E-state index contributed by atoms with van der Waals surface area (Å²) in [4.78, 5) is 40.9. The fourth-order valence-electron chi connectivity index (χ4n) is 5.94. The fraction of sp³-hybridized carbons (Fsp3) is 0.452. The summed E-state index contributed by atoms with van der Waals surface area (Å²) in [5, 5.41) is 18.9. The molecule has 1 aliphatic heterocycles. The molecule has 0 radical (unpaired) electrons. The third kappa shape index (κ3) is 5.76. The van der Waals surface area contributed by atoms with Gasteiger partial charge in [-0.2, -0.15) is 10.4 Å². The van der Waals surface area contributed by atoms with Gasteiger partial charge in [0.2, 0.25) is 5.91 Å². The summed E-state index contributed by atoms with van der Waals surface area (Å²) < 4.78 is 14.3. The van der Waals surface area contributed by atoms with E-state index in [4.69, 9.17) is 0 Å². The SMILES string of the molecule is Cc1cc(C(=O)N[C@H](C)C(=O)N2[C@H](C3(C)C=C(F)C=CC3)CC[C@@H]2C(C)(C)C#N)ccc1Cc1ccn[nH]c1=O. The third-order valence-electron chi connectivity index (χ3n) is 8.34. The summed E-state index contributed by atoms with van der Waals surface area (Å²) in [5.74, 6) is -1.03. The number of hydrogen-bond acceptors (Lipinski definition) is 5. The van der Waals surface area contributed by atoms with Crippen molar-refractivity contribution in [2.45, 2.75) is 78.4 Å². The van der Waals surface area contributed by atoms with Gasteiger partial charge in [-0.25, -0.2) is 9.49 Å². The number of H-pyrrole nitrogens is 1. The number of likely N-dealkylation sites (tertiary alicyclic amines) is 1. The largest absolute Gasteiger partial charge is 0.341 e. The van der Waals surface area contributed by atoms with Gasteiger partial charge >= 0.3 is 0 Å². The van der Waals surface area contributed by atoms with E-state index in [9.17, 15) is 24.0 Å². The highest BCUT2D eigenvalue weighted by Crippen LogP contribution is 2.46. The predicted octanol–water partition coefficient (Wildman–Crippen LogP) is 4.52. The molecule has 1 unspecified atom stereocenters. The van der Waals surface area contributed by atoms with Crippen LogP contribution in [0.25, 0.3) is 0 Å². The zero-order valence-electron chi connectivity index (χ0n) is 23.6. The van der Waals surface area contributed by atoms with Gasteiger partial charge in [0.25, 0.3) is 11.5 Å². The number of rotatable bonds is 7. The molecule has 1 aliphatic carbocycles. The van der Waals surface area contributed by atoms with Gasteiger partial charge in [-0.15, -0.1) is 0 Å². The predicted molar refractivity (Wildman–Crippen MR) is 150 cm³/mol. The Hall–Kier alpha value is -4.06. The molecule has 4 atom stereocenters. The van der Waals surface area contributed by atoms with Gasteiger partial charge in [0, 0.05) is 35.2 Å². The number of nitriles is 1. The Morgan fingerprint density at radius 1 is 1.30 bits per heavy atom. The fourth-order valence-corrected chi connectivity index (χ4v) is 5.94. The molecule has 4 rings (SSSR count). The molecule has 40 heavy (non-hydrogen) atoms. The van der Waals surface area contributed by atoms with Crippen LogP contribution in [0.15, 0.2) is 59.3 Å². The zero-order valence-corrected chi connectivity index (χ0v) is 23.6. The van der Waals surface area contributed by atoms with E-state index in [2.05, 4.69) is 21.6 Å². The molecule has 0 spiro atoms. The number of allylic oxidation sites excluding steroid dienone is 3. The number of carbonyl (C=O) groups excluding carboxylic acids is 2. The monoisotopic (exact) mass is 545 g/mol. The second-order valence-electron chi connectivity index (χ2n) is 11.8. The van der Waals surface area contributed by atoms with E-state index in [0.29, 0.717) is 36.8 Å². The van der Waals surface area contributed by atoms with Crippen molar-refractivity contribution in [3.05, 3.63) is 87.1 Å². The lowest BCUT2D eigenvalue weighted by atomic mass is 9.75. The molecular formula is C31H36FN5O3. The Morgan fingerprint density at radius 2 is 2.05 bits per heavy atom. The van der Waals surface area contributed by atoms with E-state index in [1.807, 2.05) is 27.7 Å².